The van der Waals surface area contributed by atoms with Gasteiger partial charge in [-0.1, -0.05) is 18.1 Å². The molecule has 0 unspecified atom stereocenters. The first-order valence-electron chi connectivity index (χ1n) is 10.2. The predicted octanol–water partition coefficient (Wildman–Crippen LogP) is -0.240. The summed E-state index contributed by atoms with van der Waals surface area (Å²) in [4.78, 5) is 29.3. The SMILES string of the molecule is CONc1nc(C#Cc2ccc(CC#N)cc2)nc2c1ncn2[C@@H]1O[C@@H](CC(N)=O)[C@H](O)[C@H]1O. The van der Waals surface area contributed by atoms with Crippen LogP contribution >= 0.6 is 0 Å². The van der Waals surface area contributed by atoms with Crippen molar-refractivity contribution in [2.24, 2.45) is 5.73 Å². The maximum absolute atomic E-state index is 11.3. The second-order valence-corrected chi connectivity index (χ2v) is 7.52. The molecule has 1 saturated heterocycles. The Morgan fingerprint density at radius 3 is 2.71 bits per heavy atom. The highest BCUT2D eigenvalue weighted by Crippen LogP contribution is 2.33. The number of hydrogen-bond acceptors (Lipinski definition) is 10. The molecule has 1 amide bonds. The molecule has 174 valence electrons. The van der Waals surface area contributed by atoms with Gasteiger partial charge in [0.25, 0.3) is 0 Å². The number of aliphatic hydroxyl groups is 2. The van der Waals surface area contributed by atoms with Crippen LogP contribution in [0.4, 0.5) is 5.82 Å². The number of ether oxygens (including phenoxy) is 1. The summed E-state index contributed by atoms with van der Waals surface area (Å²) in [5, 5.41) is 29.6. The number of amides is 1. The average Bonchev–Trinajstić information content (AvgIpc) is 3.35. The van der Waals surface area contributed by atoms with Crippen molar-refractivity contribution in [3.05, 3.63) is 47.5 Å². The summed E-state index contributed by atoms with van der Waals surface area (Å²) in [7, 11) is 1.41. The number of primary amides is 1. The predicted molar refractivity (Wildman–Crippen MR) is 117 cm³/mol. The molecule has 3 heterocycles. The van der Waals surface area contributed by atoms with E-state index in [2.05, 4.69) is 38.3 Å². The smallest absolute Gasteiger partial charge is 0.220 e. The zero-order valence-electron chi connectivity index (χ0n) is 18.0. The van der Waals surface area contributed by atoms with Crippen LogP contribution in [0.25, 0.3) is 11.2 Å². The molecule has 4 atom stereocenters. The second-order valence-electron chi connectivity index (χ2n) is 7.52. The lowest BCUT2D eigenvalue weighted by molar-refractivity contribution is -0.122. The van der Waals surface area contributed by atoms with E-state index in [1.54, 1.807) is 12.1 Å². The number of carbonyl (C=O) groups excluding carboxylic acids is 1. The summed E-state index contributed by atoms with van der Waals surface area (Å²) in [6.45, 7) is 0. The Bertz CT molecular complexity index is 1310. The molecule has 34 heavy (non-hydrogen) atoms. The lowest BCUT2D eigenvalue weighted by atomic mass is 10.1. The van der Waals surface area contributed by atoms with E-state index < -0.39 is 30.4 Å². The Morgan fingerprint density at radius 1 is 1.26 bits per heavy atom. The van der Waals surface area contributed by atoms with Gasteiger partial charge in [-0.3, -0.25) is 14.2 Å². The van der Waals surface area contributed by atoms with Crippen LogP contribution in [-0.4, -0.2) is 61.1 Å². The second kappa shape index (κ2) is 9.82. The zero-order valence-corrected chi connectivity index (χ0v) is 18.0. The minimum Gasteiger partial charge on any atom is -0.388 e. The fraction of sp³-hybridized carbons (Fsp3) is 0.318. The summed E-state index contributed by atoms with van der Waals surface area (Å²) in [5.41, 5.74) is 10.0. The summed E-state index contributed by atoms with van der Waals surface area (Å²) < 4.78 is 7.13. The van der Waals surface area contributed by atoms with Crippen molar-refractivity contribution in [3.63, 3.8) is 0 Å². The van der Waals surface area contributed by atoms with E-state index in [4.69, 9.17) is 20.6 Å². The molecular weight excluding hydrogens is 442 g/mol. The van der Waals surface area contributed by atoms with E-state index in [1.807, 2.05) is 12.1 Å². The van der Waals surface area contributed by atoms with Crippen molar-refractivity contribution in [2.75, 3.05) is 12.6 Å². The number of aliphatic hydroxyl groups excluding tert-OH is 2. The molecule has 4 rings (SSSR count). The van der Waals surface area contributed by atoms with Crippen molar-refractivity contribution in [1.29, 1.82) is 5.26 Å². The molecule has 5 N–H and O–H groups in total. The van der Waals surface area contributed by atoms with Crippen LogP contribution in [-0.2, 0) is 20.8 Å². The number of aromatic nitrogens is 4. The van der Waals surface area contributed by atoms with E-state index in [9.17, 15) is 15.0 Å². The maximum atomic E-state index is 11.3. The summed E-state index contributed by atoms with van der Waals surface area (Å²) in [6, 6.07) is 9.31. The Hall–Kier alpha value is -4.07. The number of imidazole rings is 1. The number of rotatable bonds is 6. The Labute approximate surface area is 193 Å². The standard InChI is InChI=1S/C22H21N7O5/c1-33-28-20-17-21(27-16(26-20)7-6-12-2-4-13(5-3-12)8-9-23)29(11-25-17)22-19(32)18(31)14(34-22)10-15(24)30/h2-5,11,14,18-19,22,31-32H,8,10H2,1H3,(H2,24,30)(H,26,27,28)/t14-,18-,19+,22+/m0/s1. The van der Waals surface area contributed by atoms with Gasteiger partial charge in [-0.2, -0.15) is 10.2 Å². The van der Waals surface area contributed by atoms with Crippen LogP contribution in [0.3, 0.4) is 0 Å². The van der Waals surface area contributed by atoms with Crippen molar-refractivity contribution in [1.82, 2.24) is 19.5 Å². The molecule has 0 bridgehead atoms. The van der Waals surface area contributed by atoms with Crippen LogP contribution in [0.2, 0.25) is 0 Å². The topological polar surface area (TPSA) is 181 Å². The third kappa shape index (κ3) is 4.66. The fourth-order valence-electron chi connectivity index (χ4n) is 3.58. The first kappa shape index (κ1) is 23.1. The van der Waals surface area contributed by atoms with Gasteiger partial charge in [-0.15, -0.1) is 0 Å². The Balaban J connectivity index is 1.70. The summed E-state index contributed by atoms with van der Waals surface area (Å²) in [6.07, 6.45) is -3.28. The van der Waals surface area contributed by atoms with Crippen molar-refractivity contribution >= 4 is 22.9 Å². The Kier molecular flexibility index (Phi) is 6.67. The third-order valence-electron chi connectivity index (χ3n) is 5.19. The summed E-state index contributed by atoms with van der Waals surface area (Å²) in [5.74, 6) is 5.55. The molecule has 1 aliphatic heterocycles. The van der Waals surface area contributed by atoms with E-state index in [-0.39, 0.29) is 23.7 Å². The molecule has 12 heteroatoms. The first-order chi connectivity index (χ1) is 16.4. The molecule has 1 aromatic carbocycles. The monoisotopic (exact) mass is 463 g/mol. The average molecular weight is 463 g/mol. The number of anilines is 1. The number of nitrogens with zero attached hydrogens (tertiary/aromatic N) is 5. The van der Waals surface area contributed by atoms with Gasteiger partial charge >= 0.3 is 0 Å². The highest BCUT2D eigenvalue weighted by molar-refractivity contribution is 5.83. The van der Waals surface area contributed by atoms with Gasteiger partial charge in [0, 0.05) is 5.56 Å². The molecule has 1 aliphatic rings. The van der Waals surface area contributed by atoms with Gasteiger partial charge in [0.2, 0.25) is 11.7 Å². The molecule has 0 radical (unpaired) electrons. The fourth-order valence-corrected chi connectivity index (χ4v) is 3.58. The molecule has 12 nitrogen and oxygen atoms in total. The molecule has 0 aliphatic carbocycles. The minimum atomic E-state index is -1.35. The van der Waals surface area contributed by atoms with Gasteiger partial charge in [0.1, 0.15) is 12.2 Å². The van der Waals surface area contributed by atoms with Gasteiger partial charge < -0.3 is 20.7 Å². The van der Waals surface area contributed by atoms with Crippen molar-refractivity contribution < 1.29 is 24.6 Å². The lowest BCUT2D eigenvalue weighted by Crippen LogP contribution is -2.33. The molecule has 2 aromatic heterocycles. The van der Waals surface area contributed by atoms with Gasteiger partial charge in [-0.25, -0.2) is 15.4 Å². The number of nitriles is 1. The van der Waals surface area contributed by atoms with Gasteiger partial charge in [-0.05, 0) is 23.6 Å². The number of hydrogen-bond donors (Lipinski definition) is 4. The van der Waals surface area contributed by atoms with E-state index in [0.29, 0.717) is 17.5 Å². The number of nitrogens with two attached hydrogens (primary N) is 1. The van der Waals surface area contributed by atoms with Crippen molar-refractivity contribution in [2.45, 2.75) is 37.4 Å². The number of carbonyl (C=O) groups is 1. The van der Waals surface area contributed by atoms with Crippen LogP contribution in [0.1, 0.15) is 29.6 Å². The van der Waals surface area contributed by atoms with E-state index in [1.165, 1.54) is 18.0 Å². The minimum absolute atomic E-state index is 0.136. The highest BCUT2D eigenvalue weighted by Gasteiger charge is 2.44. The third-order valence-corrected chi connectivity index (χ3v) is 5.19. The number of fused-ring (bicyclic) bond motifs is 1. The van der Waals surface area contributed by atoms with Gasteiger partial charge in [0.15, 0.2) is 23.2 Å². The maximum Gasteiger partial charge on any atom is 0.220 e. The zero-order chi connectivity index (χ0) is 24.2. The number of benzene rings is 1. The van der Waals surface area contributed by atoms with Crippen molar-refractivity contribution in [3.8, 4) is 17.9 Å². The molecule has 0 saturated carbocycles. The summed E-state index contributed by atoms with van der Waals surface area (Å²) >= 11 is 0. The number of nitrogens with one attached hydrogen (secondary N) is 1. The van der Waals surface area contributed by atoms with Gasteiger partial charge in [0.05, 0.1) is 38.5 Å². The highest BCUT2D eigenvalue weighted by atomic mass is 16.6. The molecule has 0 spiro atoms. The lowest BCUT2D eigenvalue weighted by Gasteiger charge is -2.16. The van der Waals surface area contributed by atoms with Crippen LogP contribution in [0, 0.1) is 23.2 Å². The molecule has 3 aromatic rings. The first-order valence-corrected chi connectivity index (χ1v) is 10.2. The van der Waals surface area contributed by atoms with Crippen LogP contribution in [0.15, 0.2) is 30.6 Å². The largest absolute Gasteiger partial charge is 0.388 e. The van der Waals surface area contributed by atoms with Crippen LogP contribution < -0.4 is 11.2 Å². The van der Waals surface area contributed by atoms with Crippen LogP contribution in [0.5, 0.6) is 0 Å². The molecular formula is C22H21N7O5. The quantitative estimate of drug-likeness (QED) is 0.281. The normalized spacial score (nSPS) is 21.6. The Morgan fingerprint density at radius 2 is 2.03 bits per heavy atom. The van der Waals surface area contributed by atoms with E-state index in [0.717, 1.165) is 5.56 Å². The van der Waals surface area contributed by atoms with E-state index >= 15 is 0 Å². The molecule has 1 fully saturated rings.